The predicted octanol–water partition coefficient (Wildman–Crippen LogP) is 2.39. The summed E-state index contributed by atoms with van der Waals surface area (Å²) in [5.41, 5.74) is 6.96. The summed E-state index contributed by atoms with van der Waals surface area (Å²) < 4.78 is 1.89. The first-order chi connectivity index (χ1) is 9.79. The molecule has 0 atom stereocenters. The van der Waals surface area contributed by atoms with Gasteiger partial charge in [0.05, 0.1) is 17.3 Å². The third-order valence-corrected chi connectivity index (χ3v) is 4.55. The van der Waals surface area contributed by atoms with Crippen molar-refractivity contribution >= 4 is 17.4 Å². The number of para-hydroxylation sites is 1. The van der Waals surface area contributed by atoms with Gasteiger partial charge in [-0.05, 0) is 47.2 Å². The number of rotatable bonds is 3. The minimum Gasteiger partial charge on any atom is -0.397 e. The van der Waals surface area contributed by atoms with Gasteiger partial charge in [-0.3, -0.25) is 0 Å². The number of benzene rings is 1. The smallest absolute Gasteiger partial charge is 0.214 e. The van der Waals surface area contributed by atoms with E-state index in [0.717, 1.165) is 22.9 Å². The van der Waals surface area contributed by atoms with E-state index in [2.05, 4.69) is 21.6 Å². The molecule has 1 aliphatic rings. The average Bonchev–Trinajstić information content (AvgIpc) is 3.11. The Morgan fingerprint density at radius 2 is 2.15 bits per heavy atom. The van der Waals surface area contributed by atoms with Crippen molar-refractivity contribution < 1.29 is 0 Å². The zero-order valence-corrected chi connectivity index (χ0v) is 11.7. The molecule has 0 aliphatic heterocycles. The molecule has 2 aromatic rings. The summed E-state index contributed by atoms with van der Waals surface area (Å²) in [5.74, 6) is 0. The number of hydrogen-bond donors (Lipinski definition) is 1. The van der Waals surface area contributed by atoms with Crippen molar-refractivity contribution in [2.75, 3.05) is 5.73 Å². The van der Waals surface area contributed by atoms with Crippen molar-refractivity contribution in [2.24, 2.45) is 0 Å². The lowest BCUT2D eigenvalue weighted by atomic mass is 10.2. The van der Waals surface area contributed by atoms with Gasteiger partial charge in [-0.15, -0.1) is 5.10 Å². The van der Waals surface area contributed by atoms with Gasteiger partial charge < -0.3 is 5.73 Å². The van der Waals surface area contributed by atoms with Crippen molar-refractivity contribution in [3.05, 3.63) is 23.8 Å². The monoisotopic (exact) mass is 286 g/mol. The highest BCUT2D eigenvalue weighted by molar-refractivity contribution is 7.99. The van der Waals surface area contributed by atoms with Crippen LogP contribution in [0.4, 0.5) is 5.69 Å². The highest BCUT2D eigenvalue weighted by atomic mass is 32.2. The highest BCUT2D eigenvalue weighted by Crippen LogP contribution is 2.36. The van der Waals surface area contributed by atoms with E-state index in [1.165, 1.54) is 24.6 Å². The van der Waals surface area contributed by atoms with Gasteiger partial charge in [0.15, 0.2) is 0 Å². The fraction of sp³-hybridized carbons (Fsp3) is 0.385. The van der Waals surface area contributed by atoms with Gasteiger partial charge in [0, 0.05) is 4.90 Å². The molecule has 6 nitrogen and oxygen atoms in total. The summed E-state index contributed by atoms with van der Waals surface area (Å²) in [4.78, 5) is 0.818. The van der Waals surface area contributed by atoms with Crippen LogP contribution in [0.2, 0.25) is 0 Å². The minimum atomic E-state index is 0.382. The molecule has 0 amide bonds. The molecule has 0 radical (unpaired) electrons. The fourth-order valence-corrected chi connectivity index (χ4v) is 3.38. The largest absolute Gasteiger partial charge is 0.397 e. The van der Waals surface area contributed by atoms with Gasteiger partial charge in [0.1, 0.15) is 6.07 Å². The quantitative estimate of drug-likeness (QED) is 0.871. The Hall–Kier alpha value is -2.07. The van der Waals surface area contributed by atoms with E-state index in [4.69, 9.17) is 11.0 Å². The first-order valence-electron chi connectivity index (χ1n) is 6.54. The second-order valence-electron chi connectivity index (χ2n) is 4.78. The Kier molecular flexibility index (Phi) is 3.56. The summed E-state index contributed by atoms with van der Waals surface area (Å²) in [6.07, 6.45) is 4.68. The SMILES string of the molecule is N#Cc1cccc(Sc2nnnn2C2CCCC2)c1N. The van der Waals surface area contributed by atoms with Crippen molar-refractivity contribution in [2.45, 2.75) is 41.8 Å². The van der Waals surface area contributed by atoms with Crippen LogP contribution in [0.25, 0.3) is 0 Å². The van der Waals surface area contributed by atoms with Crippen molar-refractivity contribution in [1.82, 2.24) is 20.2 Å². The lowest BCUT2D eigenvalue weighted by molar-refractivity contribution is 0.423. The van der Waals surface area contributed by atoms with E-state index in [-0.39, 0.29) is 0 Å². The molecule has 0 bridgehead atoms. The van der Waals surface area contributed by atoms with E-state index >= 15 is 0 Å². The Balaban J connectivity index is 1.89. The topological polar surface area (TPSA) is 93.4 Å². The second kappa shape index (κ2) is 5.51. The Morgan fingerprint density at radius 1 is 1.35 bits per heavy atom. The molecular weight excluding hydrogens is 272 g/mol. The molecule has 1 fully saturated rings. The van der Waals surface area contributed by atoms with Gasteiger partial charge in [0.2, 0.25) is 5.16 Å². The number of nitrogen functional groups attached to an aromatic ring is 1. The molecule has 20 heavy (non-hydrogen) atoms. The molecule has 2 N–H and O–H groups in total. The van der Waals surface area contributed by atoms with Gasteiger partial charge in [0.25, 0.3) is 0 Å². The second-order valence-corrected chi connectivity index (χ2v) is 5.78. The van der Waals surface area contributed by atoms with E-state index < -0.39 is 0 Å². The maximum absolute atomic E-state index is 9.01. The van der Waals surface area contributed by atoms with Crippen LogP contribution in [-0.4, -0.2) is 20.2 Å². The van der Waals surface area contributed by atoms with E-state index in [9.17, 15) is 0 Å². The van der Waals surface area contributed by atoms with Crippen LogP contribution in [0.15, 0.2) is 28.3 Å². The molecule has 0 spiro atoms. The third kappa shape index (κ3) is 2.34. The molecular formula is C13H14N6S. The van der Waals surface area contributed by atoms with Crippen molar-refractivity contribution in [3.8, 4) is 6.07 Å². The first-order valence-corrected chi connectivity index (χ1v) is 7.35. The normalized spacial score (nSPS) is 15.3. The molecule has 102 valence electrons. The maximum atomic E-state index is 9.01. The zero-order chi connectivity index (χ0) is 13.9. The fourth-order valence-electron chi connectivity index (χ4n) is 2.46. The van der Waals surface area contributed by atoms with E-state index in [0.29, 0.717) is 17.3 Å². The van der Waals surface area contributed by atoms with E-state index in [1.807, 2.05) is 16.8 Å². The van der Waals surface area contributed by atoms with Gasteiger partial charge in [-0.25, -0.2) is 4.68 Å². The van der Waals surface area contributed by atoms with Crippen LogP contribution in [0.1, 0.15) is 37.3 Å². The third-order valence-electron chi connectivity index (χ3n) is 3.52. The predicted molar refractivity (Wildman–Crippen MR) is 75.0 cm³/mol. The maximum Gasteiger partial charge on any atom is 0.214 e. The number of anilines is 1. The zero-order valence-electron chi connectivity index (χ0n) is 10.9. The number of tetrazole rings is 1. The van der Waals surface area contributed by atoms with Crippen LogP contribution in [0.5, 0.6) is 0 Å². The molecule has 7 heteroatoms. The summed E-state index contributed by atoms with van der Waals surface area (Å²) in [6.45, 7) is 0. The molecule has 1 saturated carbocycles. The number of hydrogen-bond acceptors (Lipinski definition) is 6. The Bertz CT molecular complexity index is 653. The molecule has 1 aromatic carbocycles. The molecule has 0 unspecified atom stereocenters. The number of nitrogens with zero attached hydrogens (tertiary/aromatic N) is 5. The molecule has 1 aromatic heterocycles. The van der Waals surface area contributed by atoms with Gasteiger partial charge in [-0.2, -0.15) is 5.26 Å². The number of aromatic nitrogens is 4. The van der Waals surface area contributed by atoms with Crippen LogP contribution in [0, 0.1) is 11.3 Å². The van der Waals surface area contributed by atoms with Crippen molar-refractivity contribution in [1.29, 1.82) is 5.26 Å². The standard InChI is InChI=1S/C13H14N6S/c14-8-9-4-3-7-11(12(9)15)20-13-16-17-18-19(13)10-5-1-2-6-10/h3-4,7,10H,1-2,5-6,15H2. The number of nitrogens with two attached hydrogens (primary N) is 1. The molecule has 3 rings (SSSR count). The number of nitriles is 1. The van der Waals surface area contributed by atoms with Gasteiger partial charge in [-0.1, -0.05) is 18.9 Å². The minimum absolute atomic E-state index is 0.382. The average molecular weight is 286 g/mol. The lowest BCUT2D eigenvalue weighted by Crippen LogP contribution is -2.08. The molecule has 0 saturated heterocycles. The van der Waals surface area contributed by atoms with Crippen molar-refractivity contribution in [3.63, 3.8) is 0 Å². The highest BCUT2D eigenvalue weighted by Gasteiger charge is 2.22. The first kappa shape index (κ1) is 12.9. The van der Waals surface area contributed by atoms with Crippen LogP contribution < -0.4 is 5.73 Å². The van der Waals surface area contributed by atoms with Crippen LogP contribution in [-0.2, 0) is 0 Å². The summed E-state index contributed by atoms with van der Waals surface area (Å²) in [7, 11) is 0. The lowest BCUT2D eigenvalue weighted by Gasteiger charge is -2.11. The molecule has 1 heterocycles. The molecule has 1 aliphatic carbocycles. The Labute approximate surface area is 121 Å². The van der Waals surface area contributed by atoms with Crippen LogP contribution in [0.3, 0.4) is 0 Å². The Morgan fingerprint density at radius 3 is 2.90 bits per heavy atom. The summed E-state index contributed by atoms with van der Waals surface area (Å²) in [5, 5.41) is 21.7. The van der Waals surface area contributed by atoms with Crippen LogP contribution >= 0.6 is 11.8 Å². The van der Waals surface area contributed by atoms with E-state index in [1.54, 1.807) is 6.07 Å². The summed E-state index contributed by atoms with van der Waals surface area (Å²) >= 11 is 1.41. The summed E-state index contributed by atoms with van der Waals surface area (Å²) in [6, 6.07) is 7.88. The van der Waals surface area contributed by atoms with Gasteiger partial charge >= 0.3 is 0 Å².